The van der Waals surface area contributed by atoms with Crippen LogP contribution in [0.2, 0.25) is 0 Å². The Balaban J connectivity index is 1.40. The van der Waals surface area contributed by atoms with Gasteiger partial charge in [-0.05, 0) is 35.2 Å². The SMILES string of the molecule is CN1C(=O)N(CC(=O)NCc2ccc3ccccc3c2)C(=O)C12CCCCC2. The molecular weight excluding hydrogens is 354 g/mol. The lowest BCUT2D eigenvalue weighted by molar-refractivity contribution is -0.137. The van der Waals surface area contributed by atoms with E-state index in [1.165, 1.54) is 0 Å². The quantitative estimate of drug-likeness (QED) is 0.830. The number of rotatable bonds is 4. The molecule has 0 atom stereocenters. The Morgan fingerprint density at radius 2 is 1.75 bits per heavy atom. The van der Waals surface area contributed by atoms with Gasteiger partial charge in [-0.25, -0.2) is 4.79 Å². The average Bonchev–Trinajstić information content (AvgIpc) is 2.89. The Bertz CT molecular complexity index is 934. The molecule has 1 saturated heterocycles. The number of hydrogen-bond donors (Lipinski definition) is 1. The number of likely N-dealkylation sites (N-methyl/N-ethyl adjacent to an activating group) is 1. The van der Waals surface area contributed by atoms with Gasteiger partial charge in [0.05, 0.1) is 0 Å². The van der Waals surface area contributed by atoms with Gasteiger partial charge in [0.25, 0.3) is 5.91 Å². The maximum atomic E-state index is 12.9. The van der Waals surface area contributed by atoms with Crippen LogP contribution in [0.1, 0.15) is 37.7 Å². The molecule has 1 aliphatic carbocycles. The first-order valence-electron chi connectivity index (χ1n) is 9.85. The van der Waals surface area contributed by atoms with E-state index in [9.17, 15) is 14.4 Å². The number of benzene rings is 2. The second kappa shape index (κ2) is 7.26. The van der Waals surface area contributed by atoms with Gasteiger partial charge in [-0.15, -0.1) is 0 Å². The van der Waals surface area contributed by atoms with Crippen molar-refractivity contribution in [2.75, 3.05) is 13.6 Å². The molecule has 2 aliphatic rings. The zero-order valence-corrected chi connectivity index (χ0v) is 16.1. The molecular formula is C22H25N3O3. The van der Waals surface area contributed by atoms with Crippen molar-refractivity contribution in [2.24, 2.45) is 0 Å². The molecule has 1 aliphatic heterocycles. The fraction of sp³-hybridized carbons (Fsp3) is 0.409. The first kappa shape index (κ1) is 18.5. The first-order valence-corrected chi connectivity index (χ1v) is 9.85. The van der Waals surface area contributed by atoms with Crippen molar-refractivity contribution < 1.29 is 14.4 Å². The number of nitrogens with one attached hydrogen (secondary N) is 1. The topological polar surface area (TPSA) is 69.7 Å². The largest absolute Gasteiger partial charge is 0.350 e. The molecule has 2 aromatic carbocycles. The predicted molar refractivity (Wildman–Crippen MR) is 106 cm³/mol. The number of amides is 4. The first-order chi connectivity index (χ1) is 13.5. The summed E-state index contributed by atoms with van der Waals surface area (Å²) < 4.78 is 0. The molecule has 0 unspecified atom stereocenters. The van der Waals surface area contributed by atoms with E-state index in [1.807, 2.05) is 42.5 Å². The van der Waals surface area contributed by atoms with Crippen LogP contribution in [-0.4, -0.2) is 46.8 Å². The predicted octanol–water partition coefficient (Wildman–Crippen LogP) is 3.05. The van der Waals surface area contributed by atoms with Gasteiger partial charge in [-0.3, -0.25) is 14.5 Å². The van der Waals surface area contributed by atoms with Crippen molar-refractivity contribution in [3.05, 3.63) is 48.0 Å². The molecule has 1 saturated carbocycles. The minimum Gasteiger partial charge on any atom is -0.350 e. The van der Waals surface area contributed by atoms with Crippen LogP contribution >= 0.6 is 0 Å². The lowest BCUT2D eigenvalue weighted by atomic mass is 9.81. The van der Waals surface area contributed by atoms with E-state index in [0.29, 0.717) is 19.4 Å². The van der Waals surface area contributed by atoms with Gasteiger partial charge in [0.15, 0.2) is 0 Å². The fourth-order valence-corrected chi connectivity index (χ4v) is 4.42. The van der Waals surface area contributed by atoms with Gasteiger partial charge in [0.1, 0.15) is 12.1 Å². The molecule has 4 amide bonds. The summed E-state index contributed by atoms with van der Waals surface area (Å²) in [6.07, 6.45) is 4.33. The monoisotopic (exact) mass is 379 g/mol. The normalized spacial score (nSPS) is 18.9. The number of carbonyl (C=O) groups excluding carboxylic acids is 3. The fourth-order valence-electron chi connectivity index (χ4n) is 4.42. The minimum absolute atomic E-state index is 0.222. The summed E-state index contributed by atoms with van der Waals surface area (Å²) >= 11 is 0. The number of carbonyl (C=O) groups is 3. The van der Waals surface area contributed by atoms with Gasteiger partial charge in [0, 0.05) is 13.6 Å². The van der Waals surface area contributed by atoms with Crippen LogP contribution in [0.25, 0.3) is 10.8 Å². The van der Waals surface area contributed by atoms with Gasteiger partial charge in [0.2, 0.25) is 5.91 Å². The lowest BCUT2D eigenvalue weighted by Gasteiger charge is -2.35. The van der Waals surface area contributed by atoms with Crippen molar-refractivity contribution in [1.82, 2.24) is 15.1 Å². The summed E-state index contributed by atoms with van der Waals surface area (Å²) in [6, 6.07) is 13.7. The Morgan fingerprint density at radius 3 is 2.50 bits per heavy atom. The molecule has 1 spiro atoms. The Labute approximate surface area is 164 Å². The summed E-state index contributed by atoms with van der Waals surface area (Å²) in [7, 11) is 1.68. The molecule has 4 rings (SSSR count). The van der Waals surface area contributed by atoms with Crippen LogP contribution < -0.4 is 5.32 Å². The van der Waals surface area contributed by atoms with E-state index in [2.05, 4.69) is 5.32 Å². The number of fused-ring (bicyclic) bond motifs is 1. The van der Waals surface area contributed by atoms with Crippen LogP contribution in [0.3, 0.4) is 0 Å². The van der Waals surface area contributed by atoms with Crippen LogP contribution in [0.5, 0.6) is 0 Å². The van der Waals surface area contributed by atoms with Crippen molar-refractivity contribution in [1.29, 1.82) is 0 Å². The third-order valence-corrected chi connectivity index (χ3v) is 6.09. The molecule has 6 nitrogen and oxygen atoms in total. The zero-order valence-electron chi connectivity index (χ0n) is 16.1. The molecule has 1 heterocycles. The smallest absolute Gasteiger partial charge is 0.327 e. The van der Waals surface area contributed by atoms with E-state index < -0.39 is 5.54 Å². The van der Waals surface area contributed by atoms with Gasteiger partial charge < -0.3 is 10.2 Å². The molecule has 1 N–H and O–H groups in total. The number of nitrogens with zero attached hydrogens (tertiary/aromatic N) is 2. The van der Waals surface area contributed by atoms with Crippen molar-refractivity contribution in [3.63, 3.8) is 0 Å². The van der Waals surface area contributed by atoms with E-state index in [4.69, 9.17) is 0 Å². The van der Waals surface area contributed by atoms with Crippen LogP contribution in [0.4, 0.5) is 4.79 Å². The highest BCUT2D eigenvalue weighted by atomic mass is 16.2. The zero-order chi connectivity index (χ0) is 19.7. The molecule has 2 fully saturated rings. The van der Waals surface area contributed by atoms with Crippen molar-refractivity contribution in [3.8, 4) is 0 Å². The molecule has 0 radical (unpaired) electrons. The van der Waals surface area contributed by atoms with Crippen LogP contribution in [0.15, 0.2) is 42.5 Å². The number of imide groups is 1. The summed E-state index contributed by atoms with van der Waals surface area (Å²) in [5.74, 6) is -0.545. The molecule has 0 bridgehead atoms. The van der Waals surface area contributed by atoms with E-state index in [0.717, 1.165) is 40.5 Å². The summed E-state index contributed by atoms with van der Waals surface area (Å²) in [4.78, 5) is 40.6. The molecule has 146 valence electrons. The van der Waals surface area contributed by atoms with Crippen LogP contribution in [-0.2, 0) is 16.1 Å². The highest BCUT2D eigenvalue weighted by Gasteiger charge is 2.55. The Kier molecular flexibility index (Phi) is 4.79. The standard InChI is InChI=1S/C22H25N3O3/c1-24-21(28)25(20(27)22(24)11-5-2-6-12-22)15-19(26)23-14-16-9-10-17-7-3-4-8-18(17)13-16/h3-4,7-10,13H,2,5-6,11-12,14-15H2,1H3,(H,23,26). The third-order valence-electron chi connectivity index (χ3n) is 6.09. The maximum absolute atomic E-state index is 12.9. The minimum atomic E-state index is -0.742. The molecule has 2 aromatic rings. The van der Waals surface area contributed by atoms with E-state index in [-0.39, 0.29) is 24.4 Å². The van der Waals surface area contributed by atoms with Crippen LogP contribution in [0, 0.1) is 0 Å². The summed E-state index contributed by atoms with van der Waals surface area (Å²) in [5, 5.41) is 5.09. The number of hydrogen-bond acceptors (Lipinski definition) is 3. The number of urea groups is 1. The summed E-state index contributed by atoms with van der Waals surface area (Å²) in [6.45, 7) is 0.137. The average molecular weight is 379 g/mol. The molecule has 28 heavy (non-hydrogen) atoms. The third kappa shape index (κ3) is 3.13. The van der Waals surface area contributed by atoms with Gasteiger partial charge in [-0.2, -0.15) is 0 Å². The Hall–Kier alpha value is -2.89. The second-order valence-corrected chi connectivity index (χ2v) is 7.78. The van der Waals surface area contributed by atoms with Gasteiger partial charge in [-0.1, -0.05) is 55.7 Å². The van der Waals surface area contributed by atoms with Crippen molar-refractivity contribution in [2.45, 2.75) is 44.2 Å². The Morgan fingerprint density at radius 1 is 1.04 bits per heavy atom. The highest BCUT2D eigenvalue weighted by Crippen LogP contribution is 2.39. The molecule has 6 heteroatoms. The molecule has 0 aromatic heterocycles. The maximum Gasteiger partial charge on any atom is 0.327 e. The highest BCUT2D eigenvalue weighted by molar-refractivity contribution is 6.08. The van der Waals surface area contributed by atoms with E-state index in [1.54, 1.807) is 11.9 Å². The summed E-state index contributed by atoms with van der Waals surface area (Å²) in [5.41, 5.74) is 0.237. The van der Waals surface area contributed by atoms with Crippen molar-refractivity contribution >= 4 is 28.6 Å². The second-order valence-electron chi connectivity index (χ2n) is 7.78. The lowest BCUT2D eigenvalue weighted by Crippen LogP contribution is -2.49. The van der Waals surface area contributed by atoms with E-state index >= 15 is 0 Å². The van der Waals surface area contributed by atoms with Gasteiger partial charge >= 0.3 is 6.03 Å².